The standard InChI is InChI=1S/C20H21F3N2O3S/c21-20(22,23)17-5-3-4-16(14-17)19(26)24-11-10-15-6-8-18(9-7-15)29(27,28)25-12-1-2-13-25/h3-9,14H,1-2,10-13H2,(H,24,26). The van der Waals surface area contributed by atoms with Crippen molar-refractivity contribution in [2.24, 2.45) is 0 Å². The fourth-order valence-corrected chi connectivity index (χ4v) is 4.68. The molecule has 156 valence electrons. The van der Waals surface area contributed by atoms with Crippen LogP contribution in [0.1, 0.15) is 34.3 Å². The minimum Gasteiger partial charge on any atom is -0.352 e. The van der Waals surface area contributed by atoms with Crippen molar-refractivity contribution in [3.05, 3.63) is 65.2 Å². The van der Waals surface area contributed by atoms with Gasteiger partial charge in [0, 0.05) is 25.2 Å². The average molecular weight is 426 g/mol. The molecule has 2 aromatic rings. The first-order valence-electron chi connectivity index (χ1n) is 9.22. The molecule has 0 aromatic heterocycles. The van der Waals surface area contributed by atoms with Gasteiger partial charge in [-0.2, -0.15) is 17.5 Å². The molecule has 0 aliphatic carbocycles. The van der Waals surface area contributed by atoms with Gasteiger partial charge in [0.25, 0.3) is 5.91 Å². The molecule has 0 spiro atoms. The highest BCUT2D eigenvalue weighted by atomic mass is 32.2. The number of sulfonamides is 1. The van der Waals surface area contributed by atoms with Crippen LogP contribution < -0.4 is 5.32 Å². The Morgan fingerprint density at radius 1 is 1.03 bits per heavy atom. The van der Waals surface area contributed by atoms with E-state index in [0.717, 1.165) is 30.5 Å². The highest BCUT2D eigenvalue weighted by molar-refractivity contribution is 7.89. The van der Waals surface area contributed by atoms with E-state index in [1.807, 2.05) is 0 Å². The van der Waals surface area contributed by atoms with Crippen molar-refractivity contribution < 1.29 is 26.4 Å². The zero-order valence-corrected chi connectivity index (χ0v) is 16.4. The fraction of sp³-hybridized carbons (Fsp3) is 0.350. The number of hydrogen-bond acceptors (Lipinski definition) is 3. The lowest BCUT2D eigenvalue weighted by Gasteiger charge is -2.15. The van der Waals surface area contributed by atoms with Gasteiger partial charge < -0.3 is 5.32 Å². The van der Waals surface area contributed by atoms with E-state index in [0.29, 0.717) is 19.5 Å². The van der Waals surface area contributed by atoms with E-state index in [-0.39, 0.29) is 17.0 Å². The van der Waals surface area contributed by atoms with Gasteiger partial charge in [0.15, 0.2) is 0 Å². The molecule has 1 amide bonds. The van der Waals surface area contributed by atoms with Crippen molar-refractivity contribution in [3.63, 3.8) is 0 Å². The molecule has 1 saturated heterocycles. The highest BCUT2D eigenvalue weighted by Gasteiger charge is 2.31. The van der Waals surface area contributed by atoms with Crippen molar-refractivity contribution in [1.29, 1.82) is 0 Å². The summed E-state index contributed by atoms with van der Waals surface area (Å²) in [6.45, 7) is 1.28. The molecule has 1 heterocycles. The Morgan fingerprint density at radius 3 is 2.31 bits per heavy atom. The lowest BCUT2D eigenvalue weighted by molar-refractivity contribution is -0.137. The van der Waals surface area contributed by atoms with E-state index in [4.69, 9.17) is 0 Å². The second-order valence-corrected chi connectivity index (χ2v) is 8.78. The normalized spacial score (nSPS) is 15.4. The molecule has 29 heavy (non-hydrogen) atoms. The van der Waals surface area contributed by atoms with Gasteiger partial charge in [-0.1, -0.05) is 18.2 Å². The Kier molecular flexibility index (Phi) is 6.28. The number of hydrogen-bond donors (Lipinski definition) is 1. The number of carbonyl (C=O) groups excluding carboxylic acids is 1. The van der Waals surface area contributed by atoms with E-state index in [1.165, 1.54) is 28.6 Å². The molecule has 1 aliphatic rings. The van der Waals surface area contributed by atoms with E-state index in [1.54, 1.807) is 12.1 Å². The molecule has 9 heteroatoms. The summed E-state index contributed by atoms with van der Waals surface area (Å²) in [4.78, 5) is 12.3. The maximum absolute atomic E-state index is 12.7. The monoisotopic (exact) mass is 426 g/mol. The lowest BCUT2D eigenvalue weighted by Crippen LogP contribution is -2.28. The van der Waals surface area contributed by atoms with Gasteiger partial charge in [-0.05, 0) is 55.2 Å². The highest BCUT2D eigenvalue weighted by Crippen LogP contribution is 2.29. The Hall–Kier alpha value is -2.39. The second kappa shape index (κ2) is 8.54. The largest absolute Gasteiger partial charge is 0.416 e. The molecule has 1 fully saturated rings. The van der Waals surface area contributed by atoms with Gasteiger partial charge in [-0.25, -0.2) is 8.42 Å². The van der Waals surface area contributed by atoms with E-state index < -0.39 is 27.7 Å². The zero-order valence-electron chi connectivity index (χ0n) is 15.6. The van der Waals surface area contributed by atoms with Gasteiger partial charge in [0.1, 0.15) is 0 Å². The molecule has 1 N–H and O–H groups in total. The summed E-state index contributed by atoms with van der Waals surface area (Å²) >= 11 is 0. The van der Waals surface area contributed by atoms with Crippen LogP contribution in [0.25, 0.3) is 0 Å². The molecule has 2 aromatic carbocycles. The van der Waals surface area contributed by atoms with Crippen molar-refractivity contribution in [2.75, 3.05) is 19.6 Å². The maximum Gasteiger partial charge on any atom is 0.416 e. The minimum atomic E-state index is -4.51. The number of rotatable bonds is 6. The summed E-state index contributed by atoms with van der Waals surface area (Å²) in [5.74, 6) is -0.593. The molecule has 0 bridgehead atoms. The molecule has 0 unspecified atom stereocenters. The molecular weight excluding hydrogens is 405 g/mol. The Balaban J connectivity index is 1.56. The van der Waals surface area contributed by atoms with Crippen LogP contribution in [0.5, 0.6) is 0 Å². The number of carbonyl (C=O) groups is 1. The average Bonchev–Trinajstić information content (AvgIpc) is 3.23. The van der Waals surface area contributed by atoms with Gasteiger partial charge in [-0.3, -0.25) is 4.79 Å². The number of amides is 1. The first-order chi connectivity index (χ1) is 13.7. The summed E-state index contributed by atoms with van der Waals surface area (Å²) in [6.07, 6.45) is -2.35. The molecular formula is C20H21F3N2O3S. The predicted molar refractivity (Wildman–Crippen MR) is 102 cm³/mol. The van der Waals surface area contributed by atoms with Crippen LogP contribution >= 0.6 is 0 Å². The molecule has 3 rings (SSSR count). The minimum absolute atomic E-state index is 0.0631. The summed E-state index contributed by atoms with van der Waals surface area (Å²) in [6, 6.07) is 10.7. The quantitative estimate of drug-likeness (QED) is 0.769. The first-order valence-corrected chi connectivity index (χ1v) is 10.7. The van der Waals surface area contributed by atoms with E-state index in [2.05, 4.69) is 5.32 Å². The number of benzene rings is 2. The van der Waals surface area contributed by atoms with Crippen LogP contribution in [-0.4, -0.2) is 38.3 Å². The third kappa shape index (κ3) is 5.16. The van der Waals surface area contributed by atoms with Gasteiger partial charge >= 0.3 is 6.18 Å². The van der Waals surface area contributed by atoms with E-state index >= 15 is 0 Å². The molecule has 0 saturated carbocycles. The SMILES string of the molecule is O=C(NCCc1ccc(S(=O)(=O)N2CCCC2)cc1)c1cccc(C(F)(F)F)c1. The van der Waals surface area contributed by atoms with Gasteiger partial charge in [-0.15, -0.1) is 0 Å². The van der Waals surface area contributed by atoms with E-state index in [9.17, 15) is 26.4 Å². The topological polar surface area (TPSA) is 66.5 Å². The smallest absolute Gasteiger partial charge is 0.352 e. The number of alkyl halides is 3. The van der Waals surface area contributed by atoms with Crippen LogP contribution in [0.2, 0.25) is 0 Å². The first kappa shape index (κ1) is 21.3. The molecule has 5 nitrogen and oxygen atoms in total. The van der Waals surface area contributed by atoms with Crippen LogP contribution in [0, 0.1) is 0 Å². The van der Waals surface area contributed by atoms with Crippen LogP contribution in [0.3, 0.4) is 0 Å². The fourth-order valence-electron chi connectivity index (χ4n) is 3.16. The van der Waals surface area contributed by atoms with Gasteiger partial charge in [0.05, 0.1) is 10.5 Å². The predicted octanol–water partition coefficient (Wildman–Crippen LogP) is 3.46. The molecule has 0 atom stereocenters. The van der Waals surface area contributed by atoms with Crippen LogP contribution in [0.4, 0.5) is 13.2 Å². The summed E-state index contributed by atoms with van der Waals surface area (Å²) in [5, 5.41) is 2.58. The second-order valence-electron chi connectivity index (χ2n) is 6.84. The van der Waals surface area contributed by atoms with Crippen molar-refractivity contribution in [3.8, 4) is 0 Å². The molecule has 0 radical (unpaired) electrons. The zero-order chi connectivity index (χ0) is 21.1. The number of nitrogens with zero attached hydrogens (tertiary/aromatic N) is 1. The van der Waals surface area contributed by atoms with Crippen molar-refractivity contribution >= 4 is 15.9 Å². The maximum atomic E-state index is 12.7. The Morgan fingerprint density at radius 2 is 1.69 bits per heavy atom. The summed E-state index contributed by atoms with van der Waals surface area (Å²) in [5.41, 5.74) is -0.124. The third-order valence-corrected chi connectivity index (χ3v) is 6.69. The summed E-state index contributed by atoms with van der Waals surface area (Å²) in [7, 11) is -3.47. The molecule has 1 aliphatic heterocycles. The van der Waals surface area contributed by atoms with Crippen molar-refractivity contribution in [1.82, 2.24) is 9.62 Å². The van der Waals surface area contributed by atoms with Crippen LogP contribution in [0.15, 0.2) is 53.4 Å². The Labute approximate surface area is 167 Å². The number of halogens is 3. The Bertz CT molecular complexity index is 967. The third-order valence-electron chi connectivity index (χ3n) is 4.78. The lowest BCUT2D eigenvalue weighted by atomic mass is 10.1. The van der Waals surface area contributed by atoms with Crippen molar-refractivity contribution in [2.45, 2.75) is 30.3 Å². The number of nitrogens with one attached hydrogen (secondary N) is 1. The summed E-state index contributed by atoms with van der Waals surface area (Å²) < 4.78 is 64.7. The van der Waals surface area contributed by atoms with Crippen LogP contribution in [-0.2, 0) is 22.6 Å². The van der Waals surface area contributed by atoms with Gasteiger partial charge in [0.2, 0.25) is 10.0 Å².